The molecule has 1 rings (SSSR count). The van der Waals surface area contributed by atoms with Gasteiger partial charge in [0.25, 0.3) is 0 Å². The highest BCUT2D eigenvalue weighted by Crippen LogP contribution is 2.11. The second-order valence-electron chi connectivity index (χ2n) is 3.37. The first-order valence-corrected chi connectivity index (χ1v) is 4.25. The molecule has 2 nitrogen and oxygen atoms in total. The fourth-order valence-corrected chi connectivity index (χ4v) is 1.22. The SMILES string of the molecule is CN(C)Cc1cc(CN)ccc1F. The standard InChI is InChI=1S/C10H15FN2/c1-13(2)7-9-5-8(6-12)3-4-10(9)11/h3-5H,6-7,12H2,1-2H3. The third-order valence-electron chi connectivity index (χ3n) is 1.83. The van der Waals surface area contributed by atoms with Gasteiger partial charge in [-0.1, -0.05) is 12.1 Å². The van der Waals surface area contributed by atoms with Crippen molar-refractivity contribution >= 4 is 0 Å². The van der Waals surface area contributed by atoms with Crippen molar-refractivity contribution in [3.05, 3.63) is 35.1 Å². The van der Waals surface area contributed by atoms with Crippen molar-refractivity contribution in [2.75, 3.05) is 14.1 Å². The molecular weight excluding hydrogens is 167 g/mol. The highest BCUT2D eigenvalue weighted by Gasteiger charge is 2.03. The number of halogens is 1. The van der Waals surface area contributed by atoms with E-state index in [4.69, 9.17) is 5.73 Å². The van der Waals surface area contributed by atoms with Crippen molar-refractivity contribution in [3.63, 3.8) is 0 Å². The van der Waals surface area contributed by atoms with Crippen molar-refractivity contribution < 1.29 is 4.39 Å². The quantitative estimate of drug-likeness (QED) is 0.764. The summed E-state index contributed by atoms with van der Waals surface area (Å²) in [7, 11) is 3.82. The molecule has 0 aromatic heterocycles. The van der Waals surface area contributed by atoms with Crippen molar-refractivity contribution in [1.29, 1.82) is 0 Å². The molecule has 0 aliphatic heterocycles. The van der Waals surface area contributed by atoms with Crippen LogP contribution < -0.4 is 5.73 Å². The maximum Gasteiger partial charge on any atom is 0.127 e. The van der Waals surface area contributed by atoms with Crippen molar-refractivity contribution in [1.82, 2.24) is 4.90 Å². The molecule has 2 N–H and O–H groups in total. The minimum Gasteiger partial charge on any atom is -0.326 e. The van der Waals surface area contributed by atoms with E-state index in [9.17, 15) is 4.39 Å². The van der Waals surface area contributed by atoms with E-state index in [1.54, 1.807) is 6.07 Å². The highest BCUT2D eigenvalue weighted by atomic mass is 19.1. The number of hydrogen-bond donors (Lipinski definition) is 1. The predicted octanol–water partition coefficient (Wildman–Crippen LogP) is 1.35. The van der Waals surface area contributed by atoms with Crippen LogP contribution in [-0.2, 0) is 13.1 Å². The normalized spacial score (nSPS) is 10.8. The Morgan fingerprint density at radius 1 is 1.38 bits per heavy atom. The van der Waals surface area contributed by atoms with Crippen LogP contribution in [0.15, 0.2) is 18.2 Å². The molecule has 0 radical (unpaired) electrons. The lowest BCUT2D eigenvalue weighted by Gasteiger charge is -2.11. The van der Waals surface area contributed by atoms with E-state index in [1.807, 2.05) is 25.1 Å². The van der Waals surface area contributed by atoms with E-state index in [0.29, 0.717) is 18.7 Å². The maximum absolute atomic E-state index is 13.2. The summed E-state index contributed by atoms with van der Waals surface area (Å²) in [5, 5.41) is 0. The van der Waals surface area contributed by atoms with E-state index in [1.165, 1.54) is 6.07 Å². The van der Waals surface area contributed by atoms with Crippen LogP contribution in [0.1, 0.15) is 11.1 Å². The summed E-state index contributed by atoms with van der Waals surface area (Å²) in [5.74, 6) is -0.161. The Morgan fingerprint density at radius 3 is 2.62 bits per heavy atom. The fraction of sp³-hybridized carbons (Fsp3) is 0.400. The van der Waals surface area contributed by atoms with Gasteiger partial charge in [-0.2, -0.15) is 0 Å². The third kappa shape index (κ3) is 2.79. The molecule has 0 aliphatic rings. The molecule has 0 aliphatic carbocycles. The highest BCUT2D eigenvalue weighted by molar-refractivity contribution is 5.24. The summed E-state index contributed by atoms with van der Waals surface area (Å²) in [5.41, 5.74) is 7.14. The molecule has 3 heteroatoms. The van der Waals surface area contributed by atoms with E-state index < -0.39 is 0 Å². The van der Waals surface area contributed by atoms with Crippen molar-refractivity contribution in [2.45, 2.75) is 13.1 Å². The van der Waals surface area contributed by atoms with E-state index in [2.05, 4.69) is 0 Å². The van der Waals surface area contributed by atoms with Crippen LogP contribution in [0.4, 0.5) is 4.39 Å². The Hall–Kier alpha value is -0.930. The molecule has 0 bridgehead atoms. The lowest BCUT2D eigenvalue weighted by atomic mass is 10.1. The molecular formula is C10H15FN2. The van der Waals surface area contributed by atoms with E-state index in [-0.39, 0.29) is 5.82 Å². The van der Waals surface area contributed by atoms with Gasteiger partial charge in [-0.05, 0) is 25.7 Å². The lowest BCUT2D eigenvalue weighted by molar-refractivity contribution is 0.392. The van der Waals surface area contributed by atoms with Gasteiger partial charge in [0.1, 0.15) is 5.82 Å². The summed E-state index contributed by atoms with van der Waals surface area (Å²) in [6.45, 7) is 1.07. The molecule has 1 aromatic rings. The third-order valence-corrected chi connectivity index (χ3v) is 1.83. The Kier molecular flexibility index (Phi) is 3.39. The largest absolute Gasteiger partial charge is 0.326 e. The first kappa shape index (κ1) is 10.2. The van der Waals surface area contributed by atoms with Gasteiger partial charge in [-0.15, -0.1) is 0 Å². The van der Waals surface area contributed by atoms with Gasteiger partial charge in [0.2, 0.25) is 0 Å². The zero-order chi connectivity index (χ0) is 9.84. The number of nitrogens with zero attached hydrogens (tertiary/aromatic N) is 1. The molecule has 1 aromatic carbocycles. The topological polar surface area (TPSA) is 29.3 Å². The van der Waals surface area contributed by atoms with Crippen molar-refractivity contribution in [3.8, 4) is 0 Å². The van der Waals surface area contributed by atoms with Gasteiger partial charge >= 0.3 is 0 Å². The first-order valence-electron chi connectivity index (χ1n) is 4.25. The number of nitrogens with two attached hydrogens (primary N) is 1. The van der Waals surface area contributed by atoms with Gasteiger partial charge in [0.15, 0.2) is 0 Å². The second kappa shape index (κ2) is 4.35. The Morgan fingerprint density at radius 2 is 2.08 bits per heavy atom. The van der Waals surface area contributed by atoms with Gasteiger partial charge in [-0.3, -0.25) is 0 Å². The summed E-state index contributed by atoms with van der Waals surface area (Å²) in [6, 6.07) is 5.00. The number of hydrogen-bond acceptors (Lipinski definition) is 2. The van der Waals surface area contributed by atoms with Gasteiger partial charge < -0.3 is 10.6 Å². The summed E-state index contributed by atoms with van der Waals surface area (Å²) in [4.78, 5) is 1.93. The molecule has 72 valence electrons. The first-order chi connectivity index (χ1) is 6.13. The van der Waals surface area contributed by atoms with Crippen LogP contribution in [0, 0.1) is 5.82 Å². The molecule has 13 heavy (non-hydrogen) atoms. The zero-order valence-electron chi connectivity index (χ0n) is 8.05. The van der Waals surface area contributed by atoms with Crippen LogP contribution in [0.5, 0.6) is 0 Å². The smallest absolute Gasteiger partial charge is 0.127 e. The summed E-state index contributed by atoms with van der Waals surface area (Å²) >= 11 is 0. The number of rotatable bonds is 3. The van der Waals surface area contributed by atoms with Gasteiger partial charge in [-0.25, -0.2) is 4.39 Å². The average molecular weight is 182 g/mol. The molecule has 0 atom stereocenters. The van der Waals surface area contributed by atoms with Crippen LogP contribution >= 0.6 is 0 Å². The Labute approximate surface area is 78.2 Å². The molecule has 0 spiro atoms. The van der Waals surface area contributed by atoms with E-state index in [0.717, 1.165) is 5.56 Å². The predicted molar refractivity (Wildman–Crippen MR) is 51.7 cm³/mol. The summed E-state index contributed by atoms with van der Waals surface area (Å²) < 4.78 is 13.2. The van der Waals surface area contributed by atoms with Crippen LogP contribution in [-0.4, -0.2) is 19.0 Å². The van der Waals surface area contributed by atoms with Gasteiger partial charge in [0, 0.05) is 18.7 Å². The van der Waals surface area contributed by atoms with Crippen molar-refractivity contribution in [2.24, 2.45) is 5.73 Å². The molecule has 0 saturated heterocycles. The number of benzene rings is 1. The molecule has 0 amide bonds. The minimum absolute atomic E-state index is 0.161. The van der Waals surface area contributed by atoms with Crippen LogP contribution in [0.25, 0.3) is 0 Å². The Balaban J connectivity index is 2.90. The van der Waals surface area contributed by atoms with Crippen LogP contribution in [0.3, 0.4) is 0 Å². The van der Waals surface area contributed by atoms with E-state index >= 15 is 0 Å². The van der Waals surface area contributed by atoms with Gasteiger partial charge in [0.05, 0.1) is 0 Å². The molecule has 0 fully saturated rings. The fourth-order valence-electron chi connectivity index (χ4n) is 1.22. The van der Waals surface area contributed by atoms with Crippen LogP contribution in [0.2, 0.25) is 0 Å². The monoisotopic (exact) mass is 182 g/mol. The zero-order valence-corrected chi connectivity index (χ0v) is 8.05. The molecule has 0 heterocycles. The minimum atomic E-state index is -0.161. The maximum atomic E-state index is 13.2. The lowest BCUT2D eigenvalue weighted by Crippen LogP contribution is -2.12. The second-order valence-corrected chi connectivity index (χ2v) is 3.37. The molecule has 0 saturated carbocycles. The average Bonchev–Trinajstić information content (AvgIpc) is 2.08. The summed E-state index contributed by atoms with van der Waals surface area (Å²) in [6.07, 6.45) is 0. The Bertz CT molecular complexity index is 284. The molecule has 0 unspecified atom stereocenters.